The molecule has 0 spiro atoms. The van der Waals surface area contributed by atoms with E-state index in [4.69, 9.17) is 18.9 Å². The van der Waals surface area contributed by atoms with E-state index in [0.29, 0.717) is 53.6 Å². The van der Waals surface area contributed by atoms with E-state index in [9.17, 15) is 9.59 Å². The Balaban J connectivity index is 1.69. The Morgan fingerprint density at radius 2 is 1.82 bits per heavy atom. The second kappa shape index (κ2) is 8.81. The van der Waals surface area contributed by atoms with Crippen molar-refractivity contribution in [3.05, 3.63) is 57.4 Å². The van der Waals surface area contributed by atoms with Gasteiger partial charge in [0.1, 0.15) is 0 Å². The number of aromatic amines is 1. The summed E-state index contributed by atoms with van der Waals surface area (Å²) in [6.07, 6.45) is 1.45. The first-order chi connectivity index (χ1) is 16.5. The highest BCUT2D eigenvalue weighted by Gasteiger charge is 2.35. The molecule has 2 aliphatic heterocycles. The largest absolute Gasteiger partial charge is 0.493 e. The number of carbonyl (C=O) groups is 1. The molecule has 0 saturated heterocycles. The van der Waals surface area contributed by atoms with Gasteiger partial charge in [0.2, 0.25) is 6.79 Å². The number of fused-ring (bicyclic) bond motifs is 3. The second-order valence-corrected chi connectivity index (χ2v) is 8.33. The van der Waals surface area contributed by atoms with Crippen molar-refractivity contribution in [3.8, 4) is 23.0 Å². The minimum absolute atomic E-state index is 0.145. The smallest absolute Gasteiger partial charge is 0.318 e. The predicted octanol–water partition coefficient (Wildman–Crippen LogP) is 3.34. The molecule has 0 unspecified atom stereocenters. The molecular formula is C25H27N3O6. The first-order valence-electron chi connectivity index (χ1n) is 11.3. The minimum Gasteiger partial charge on any atom is -0.493 e. The zero-order valence-corrected chi connectivity index (χ0v) is 19.4. The van der Waals surface area contributed by atoms with Gasteiger partial charge in [0, 0.05) is 30.1 Å². The van der Waals surface area contributed by atoms with E-state index >= 15 is 0 Å². The van der Waals surface area contributed by atoms with Crippen molar-refractivity contribution < 1.29 is 23.7 Å². The number of nitrogens with one attached hydrogen (secondary N) is 2. The van der Waals surface area contributed by atoms with Gasteiger partial charge in [-0.1, -0.05) is 6.92 Å². The number of carbonyl (C=O) groups excluding carboxylic acids is 1. The lowest BCUT2D eigenvalue weighted by atomic mass is 9.88. The van der Waals surface area contributed by atoms with Crippen molar-refractivity contribution in [1.29, 1.82) is 0 Å². The summed E-state index contributed by atoms with van der Waals surface area (Å²) in [5.74, 6) is 2.38. The van der Waals surface area contributed by atoms with Gasteiger partial charge >= 0.3 is 6.03 Å². The molecule has 9 heteroatoms. The predicted molar refractivity (Wildman–Crippen MR) is 126 cm³/mol. The average molecular weight is 466 g/mol. The number of ether oxygens (including phenoxy) is 4. The number of benzene rings is 2. The van der Waals surface area contributed by atoms with Crippen LogP contribution >= 0.6 is 0 Å². The van der Waals surface area contributed by atoms with Crippen LogP contribution in [-0.2, 0) is 6.42 Å². The van der Waals surface area contributed by atoms with Crippen molar-refractivity contribution in [1.82, 2.24) is 15.2 Å². The molecule has 9 nitrogen and oxygen atoms in total. The summed E-state index contributed by atoms with van der Waals surface area (Å²) < 4.78 is 22.0. The summed E-state index contributed by atoms with van der Waals surface area (Å²) in [6, 6.07) is 8.41. The summed E-state index contributed by atoms with van der Waals surface area (Å²) >= 11 is 0. The van der Waals surface area contributed by atoms with Crippen LogP contribution in [0.15, 0.2) is 35.1 Å². The SMILES string of the molecule is CCCNC(=O)N1CCc2cc(OC)c(OC)cc2[C@@H]1c1cc2cc3c(cc2[nH]c1=O)OCO3. The second-order valence-electron chi connectivity index (χ2n) is 8.33. The molecule has 3 heterocycles. The molecule has 2 aromatic carbocycles. The lowest BCUT2D eigenvalue weighted by molar-refractivity contribution is 0.174. The van der Waals surface area contributed by atoms with Crippen LogP contribution in [0.2, 0.25) is 0 Å². The molecule has 5 rings (SSSR count). The van der Waals surface area contributed by atoms with Crippen LogP contribution < -0.4 is 29.8 Å². The molecule has 2 amide bonds. The van der Waals surface area contributed by atoms with Crippen LogP contribution in [0, 0.1) is 0 Å². The third-order valence-electron chi connectivity index (χ3n) is 6.32. The highest BCUT2D eigenvalue weighted by atomic mass is 16.7. The van der Waals surface area contributed by atoms with Crippen LogP contribution in [0.5, 0.6) is 23.0 Å². The van der Waals surface area contributed by atoms with Gasteiger partial charge in [0.05, 0.1) is 25.8 Å². The number of pyridine rings is 1. The lowest BCUT2D eigenvalue weighted by Crippen LogP contribution is -2.47. The van der Waals surface area contributed by atoms with Crippen LogP contribution in [0.3, 0.4) is 0 Å². The Labute approximate surface area is 196 Å². The van der Waals surface area contributed by atoms with E-state index < -0.39 is 6.04 Å². The first-order valence-corrected chi connectivity index (χ1v) is 11.3. The maximum atomic E-state index is 13.4. The number of rotatable bonds is 5. The van der Waals surface area contributed by atoms with E-state index in [1.165, 1.54) is 0 Å². The maximum Gasteiger partial charge on any atom is 0.318 e. The number of amides is 2. The highest BCUT2D eigenvalue weighted by molar-refractivity contribution is 5.84. The Morgan fingerprint density at radius 1 is 1.09 bits per heavy atom. The molecule has 34 heavy (non-hydrogen) atoms. The number of nitrogens with zero attached hydrogens (tertiary/aromatic N) is 1. The summed E-state index contributed by atoms with van der Waals surface area (Å²) in [5.41, 5.74) is 2.68. The Kier molecular flexibility index (Phi) is 5.69. The number of H-pyrrole nitrogens is 1. The monoisotopic (exact) mass is 465 g/mol. The van der Waals surface area contributed by atoms with Crippen molar-refractivity contribution in [2.75, 3.05) is 34.1 Å². The van der Waals surface area contributed by atoms with Crippen LogP contribution in [0.25, 0.3) is 10.9 Å². The Morgan fingerprint density at radius 3 is 2.56 bits per heavy atom. The van der Waals surface area contributed by atoms with E-state index in [1.54, 1.807) is 25.2 Å². The number of urea groups is 1. The normalized spacial score (nSPS) is 16.3. The third-order valence-corrected chi connectivity index (χ3v) is 6.32. The van der Waals surface area contributed by atoms with Crippen molar-refractivity contribution in [3.63, 3.8) is 0 Å². The van der Waals surface area contributed by atoms with E-state index in [2.05, 4.69) is 10.3 Å². The molecule has 2 N–H and O–H groups in total. The lowest BCUT2D eigenvalue weighted by Gasteiger charge is -2.37. The van der Waals surface area contributed by atoms with Crippen molar-refractivity contribution in [2.45, 2.75) is 25.8 Å². The number of hydrogen-bond acceptors (Lipinski definition) is 6. The van der Waals surface area contributed by atoms with E-state index in [0.717, 1.165) is 22.9 Å². The summed E-state index contributed by atoms with van der Waals surface area (Å²) in [5, 5.41) is 3.75. The van der Waals surface area contributed by atoms with Gasteiger partial charge in [-0.25, -0.2) is 4.79 Å². The topological polar surface area (TPSA) is 102 Å². The van der Waals surface area contributed by atoms with Crippen LogP contribution in [0.1, 0.15) is 36.1 Å². The van der Waals surface area contributed by atoms with Gasteiger partial charge in [0.25, 0.3) is 5.56 Å². The highest BCUT2D eigenvalue weighted by Crippen LogP contribution is 2.41. The number of hydrogen-bond donors (Lipinski definition) is 2. The average Bonchev–Trinajstić information content (AvgIpc) is 3.31. The molecule has 0 radical (unpaired) electrons. The molecule has 178 valence electrons. The zero-order valence-electron chi connectivity index (χ0n) is 19.4. The molecule has 0 bridgehead atoms. The third kappa shape index (κ3) is 3.67. The Bertz CT molecular complexity index is 1320. The fraction of sp³-hybridized carbons (Fsp3) is 0.360. The molecule has 1 aromatic heterocycles. The molecule has 3 aromatic rings. The van der Waals surface area contributed by atoms with Crippen LogP contribution in [0.4, 0.5) is 4.79 Å². The molecular weight excluding hydrogens is 438 g/mol. The van der Waals surface area contributed by atoms with Crippen molar-refractivity contribution in [2.24, 2.45) is 0 Å². The number of methoxy groups -OCH3 is 2. The molecule has 2 aliphatic rings. The maximum absolute atomic E-state index is 13.4. The fourth-order valence-electron chi connectivity index (χ4n) is 4.65. The van der Waals surface area contributed by atoms with E-state index in [1.807, 2.05) is 31.2 Å². The van der Waals surface area contributed by atoms with Gasteiger partial charge in [-0.2, -0.15) is 0 Å². The minimum atomic E-state index is -0.598. The molecule has 0 aliphatic carbocycles. The fourth-order valence-corrected chi connectivity index (χ4v) is 4.65. The van der Waals surface area contributed by atoms with Gasteiger partial charge in [-0.05, 0) is 48.2 Å². The molecule has 0 saturated carbocycles. The quantitative estimate of drug-likeness (QED) is 0.599. The summed E-state index contributed by atoms with van der Waals surface area (Å²) in [6.45, 7) is 3.16. The van der Waals surface area contributed by atoms with Crippen LogP contribution in [-0.4, -0.2) is 50.0 Å². The van der Waals surface area contributed by atoms with Gasteiger partial charge in [-0.15, -0.1) is 0 Å². The summed E-state index contributed by atoms with van der Waals surface area (Å²) in [7, 11) is 3.16. The van der Waals surface area contributed by atoms with Gasteiger partial charge < -0.3 is 34.1 Å². The standard InChI is InChI=1S/C25H27N3O6/c1-4-6-26-25(30)28-7-5-14-9-19(31-2)20(32-3)11-16(14)23(28)17-8-15-10-21-22(34-13-33-21)12-18(15)27-24(17)29/h8-12,23H,4-7,13H2,1-3H3,(H,26,30)(H,27,29)/t23-/m1/s1. The van der Waals surface area contributed by atoms with Gasteiger partial charge in [0.15, 0.2) is 23.0 Å². The molecule has 1 atom stereocenters. The van der Waals surface area contributed by atoms with E-state index in [-0.39, 0.29) is 18.4 Å². The summed E-state index contributed by atoms with van der Waals surface area (Å²) in [4.78, 5) is 31.2. The van der Waals surface area contributed by atoms with Crippen molar-refractivity contribution >= 4 is 16.9 Å². The zero-order chi connectivity index (χ0) is 23.8. The Hall–Kier alpha value is -3.88. The first kappa shape index (κ1) is 21.9. The molecule has 0 fully saturated rings. The number of aromatic nitrogens is 1. The van der Waals surface area contributed by atoms with Gasteiger partial charge in [-0.3, -0.25) is 4.79 Å².